The molecule has 0 radical (unpaired) electrons. The molecule has 126 valence electrons. The number of hydrogen-bond acceptors (Lipinski definition) is 5. The van der Waals surface area contributed by atoms with Crippen molar-refractivity contribution in [1.82, 2.24) is 0 Å². The fraction of sp³-hybridized carbons (Fsp3) is 0.278. The van der Waals surface area contributed by atoms with Gasteiger partial charge in [-0.2, -0.15) is 0 Å². The lowest BCUT2D eigenvalue weighted by Crippen LogP contribution is -2.21. The number of fused-ring (bicyclic) bond motifs is 1. The van der Waals surface area contributed by atoms with Gasteiger partial charge >= 0.3 is 0 Å². The second-order valence-electron chi connectivity index (χ2n) is 5.31. The topological polar surface area (TPSA) is 54.0 Å². The molecule has 24 heavy (non-hydrogen) atoms. The Morgan fingerprint density at radius 2 is 1.71 bits per heavy atom. The van der Waals surface area contributed by atoms with Gasteiger partial charge in [0.05, 0.1) is 27.8 Å². The summed E-state index contributed by atoms with van der Waals surface area (Å²) in [7, 11) is 4.59. The Balaban J connectivity index is 2.03. The van der Waals surface area contributed by atoms with Crippen molar-refractivity contribution in [3.8, 4) is 23.0 Å². The minimum absolute atomic E-state index is 0.0847. The number of rotatable bonds is 4. The van der Waals surface area contributed by atoms with E-state index in [1.807, 2.05) is 24.3 Å². The Bertz CT molecular complexity index is 770. The molecule has 0 saturated carbocycles. The van der Waals surface area contributed by atoms with Gasteiger partial charge in [-0.15, -0.1) is 0 Å². The van der Waals surface area contributed by atoms with Crippen LogP contribution in [0.1, 0.15) is 28.4 Å². The molecule has 1 heterocycles. The van der Waals surface area contributed by atoms with Gasteiger partial charge in [0.1, 0.15) is 33.9 Å². The maximum absolute atomic E-state index is 12.6. The summed E-state index contributed by atoms with van der Waals surface area (Å²) in [5.41, 5.74) is 1.22. The maximum atomic E-state index is 12.6. The van der Waals surface area contributed by atoms with E-state index in [9.17, 15) is 4.79 Å². The molecule has 0 aromatic heterocycles. The molecule has 1 atom stereocenters. The summed E-state index contributed by atoms with van der Waals surface area (Å²) < 4.78 is 21.7. The fourth-order valence-electron chi connectivity index (χ4n) is 2.73. The highest BCUT2D eigenvalue weighted by atomic mass is 35.5. The second kappa shape index (κ2) is 6.61. The van der Waals surface area contributed by atoms with E-state index < -0.39 is 6.10 Å². The molecule has 0 spiro atoms. The molecule has 1 unspecified atom stereocenters. The van der Waals surface area contributed by atoms with Crippen LogP contribution in [0.5, 0.6) is 23.0 Å². The first kappa shape index (κ1) is 16.5. The number of methoxy groups -OCH3 is 3. The number of carbonyl (C=O) groups is 1. The van der Waals surface area contributed by atoms with Crippen molar-refractivity contribution in [2.24, 2.45) is 0 Å². The number of ether oxygens (including phenoxy) is 4. The molecule has 0 bridgehead atoms. The molecule has 3 rings (SSSR count). The van der Waals surface area contributed by atoms with Gasteiger partial charge in [-0.25, -0.2) is 0 Å². The molecule has 0 fully saturated rings. The van der Waals surface area contributed by atoms with Crippen molar-refractivity contribution < 1.29 is 23.7 Å². The maximum Gasteiger partial charge on any atom is 0.174 e. The van der Waals surface area contributed by atoms with E-state index in [1.165, 1.54) is 14.2 Å². The highest BCUT2D eigenvalue weighted by Gasteiger charge is 2.34. The largest absolute Gasteiger partial charge is 0.497 e. The minimum atomic E-state index is -0.426. The van der Waals surface area contributed by atoms with Crippen molar-refractivity contribution >= 4 is 17.4 Å². The van der Waals surface area contributed by atoms with Crippen LogP contribution in [0.4, 0.5) is 0 Å². The molecule has 1 aliphatic rings. The van der Waals surface area contributed by atoms with E-state index in [0.29, 0.717) is 22.8 Å². The van der Waals surface area contributed by atoms with Crippen LogP contribution in [0.25, 0.3) is 0 Å². The molecule has 0 saturated heterocycles. The molecule has 0 amide bonds. The number of carbonyl (C=O) groups excluding carboxylic acids is 1. The lowest BCUT2D eigenvalue weighted by molar-refractivity contribution is 0.0844. The van der Waals surface area contributed by atoms with E-state index in [2.05, 4.69) is 0 Å². The molecule has 2 aromatic carbocycles. The molecule has 6 heteroatoms. The van der Waals surface area contributed by atoms with E-state index in [1.54, 1.807) is 13.2 Å². The van der Waals surface area contributed by atoms with Crippen LogP contribution in [0, 0.1) is 0 Å². The number of halogens is 1. The SMILES string of the molecule is COc1ccc(C2CC(=O)c3c(OC)cc(OC)c(Cl)c3O2)cc1. The third-order valence-corrected chi connectivity index (χ3v) is 4.35. The van der Waals surface area contributed by atoms with Gasteiger partial charge in [0, 0.05) is 6.07 Å². The van der Waals surface area contributed by atoms with Crippen LogP contribution < -0.4 is 18.9 Å². The summed E-state index contributed by atoms with van der Waals surface area (Å²) in [5, 5.41) is 0.264. The summed E-state index contributed by atoms with van der Waals surface area (Å²) in [4.78, 5) is 12.6. The monoisotopic (exact) mass is 348 g/mol. The lowest BCUT2D eigenvalue weighted by atomic mass is 9.95. The number of ketones is 1. The number of Topliss-reactive ketones (excluding diaryl/α,β-unsaturated/α-hetero) is 1. The molecule has 0 N–H and O–H groups in total. The zero-order valence-electron chi connectivity index (χ0n) is 13.6. The van der Waals surface area contributed by atoms with E-state index in [0.717, 1.165) is 11.3 Å². The average Bonchev–Trinajstić information content (AvgIpc) is 2.62. The normalized spacial score (nSPS) is 16.2. The zero-order chi connectivity index (χ0) is 17.3. The van der Waals surface area contributed by atoms with Gasteiger partial charge in [0.2, 0.25) is 0 Å². The van der Waals surface area contributed by atoms with Gasteiger partial charge in [0.15, 0.2) is 11.5 Å². The van der Waals surface area contributed by atoms with Crippen LogP contribution in [0.15, 0.2) is 30.3 Å². The van der Waals surface area contributed by atoms with Crippen molar-refractivity contribution in [3.63, 3.8) is 0 Å². The molecule has 0 aliphatic carbocycles. The number of benzene rings is 2. The van der Waals surface area contributed by atoms with Crippen LogP contribution in [0.2, 0.25) is 5.02 Å². The molecular weight excluding hydrogens is 332 g/mol. The van der Waals surface area contributed by atoms with E-state index >= 15 is 0 Å². The highest BCUT2D eigenvalue weighted by molar-refractivity contribution is 6.34. The Hall–Kier alpha value is -2.40. The average molecular weight is 349 g/mol. The van der Waals surface area contributed by atoms with Gasteiger partial charge < -0.3 is 18.9 Å². The van der Waals surface area contributed by atoms with E-state index in [4.69, 9.17) is 30.5 Å². The quantitative estimate of drug-likeness (QED) is 0.833. The lowest BCUT2D eigenvalue weighted by Gasteiger charge is -2.28. The molecule has 1 aliphatic heterocycles. The Morgan fingerprint density at radius 3 is 2.29 bits per heavy atom. The minimum Gasteiger partial charge on any atom is -0.497 e. The summed E-state index contributed by atoms with van der Waals surface area (Å²) >= 11 is 6.34. The summed E-state index contributed by atoms with van der Waals surface area (Å²) in [6.07, 6.45) is -0.219. The van der Waals surface area contributed by atoms with Crippen LogP contribution >= 0.6 is 11.6 Å². The zero-order valence-corrected chi connectivity index (χ0v) is 14.3. The Morgan fingerprint density at radius 1 is 1.04 bits per heavy atom. The Kier molecular flexibility index (Phi) is 4.53. The second-order valence-corrected chi connectivity index (χ2v) is 5.68. The summed E-state index contributed by atoms with van der Waals surface area (Å²) in [5.74, 6) is 1.74. The van der Waals surface area contributed by atoms with Crippen LogP contribution in [0.3, 0.4) is 0 Å². The first-order valence-corrected chi connectivity index (χ1v) is 7.75. The predicted molar refractivity (Wildman–Crippen MR) is 89.9 cm³/mol. The first-order chi connectivity index (χ1) is 11.6. The third-order valence-electron chi connectivity index (χ3n) is 3.99. The van der Waals surface area contributed by atoms with E-state index in [-0.39, 0.29) is 17.2 Å². The molecular formula is C18H17ClO5. The van der Waals surface area contributed by atoms with Crippen LogP contribution in [-0.2, 0) is 0 Å². The van der Waals surface area contributed by atoms with Gasteiger partial charge in [0.25, 0.3) is 0 Å². The predicted octanol–water partition coefficient (Wildman–Crippen LogP) is 4.07. The highest BCUT2D eigenvalue weighted by Crippen LogP contribution is 2.48. The molecule has 5 nitrogen and oxygen atoms in total. The van der Waals surface area contributed by atoms with Crippen molar-refractivity contribution in [3.05, 3.63) is 46.5 Å². The summed E-state index contributed by atoms with van der Waals surface area (Å²) in [6.45, 7) is 0. The van der Waals surface area contributed by atoms with Crippen molar-refractivity contribution in [1.29, 1.82) is 0 Å². The Labute approximate surface area is 145 Å². The van der Waals surface area contributed by atoms with Crippen molar-refractivity contribution in [2.45, 2.75) is 12.5 Å². The van der Waals surface area contributed by atoms with Crippen LogP contribution in [-0.4, -0.2) is 27.1 Å². The van der Waals surface area contributed by atoms with Gasteiger partial charge in [-0.3, -0.25) is 4.79 Å². The van der Waals surface area contributed by atoms with Crippen molar-refractivity contribution in [2.75, 3.05) is 21.3 Å². The van der Waals surface area contributed by atoms with Gasteiger partial charge in [-0.05, 0) is 17.7 Å². The standard InChI is InChI=1S/C18H17ClO5/c1-21-11-6-4-10(5-7-11)13-8-12(20)16-14(22-2)9-15(23-3)17(19)18(16)24-13/h4-7,9,13H,8H2,1-3H3. The number of hydrogen-bond donors (Lipinski definition) is 0. The third kappa shape index (κ3) is 2.76. The molecule has 2 aromatic rings. The van der Waals surface area contributed by atoms with Gasteiger partial charge in [-0.1, -0.05) is 23.7 Å². The summed E-state index contributed by atoms with van der Waals surface area (Å²) in [6, 6.07) is 8.98. The smallest absolute Gasteiger partial charge is 0.174 e. The first-order valence-electron chi connectivity index (χ1n) is 7.37. The fourth-order valence-corrected chi connectivity index (χ4v) is 3.00.